The van der Waals surface area contributed by atoms with Crippen LogP contribution in [-0.2, 0) is 20.6 Å². The molecule has 1 aromatic carbocycles. The van der Waals surface area contributed by atoms with Gasteiger partial charge < -0.3 is 19.9 Å². The van der Waals surface area contributed by atoms with Gasteiger partial charge in [-0.1, -0.05) is 63.3 Å². The first-order valence-corrected chi connectivity index (χ1v) is 9.11. The molecule has 1 atom stereocenters. The molecule has 0 bridgehead atoms. The summed E-state index contributed by atoms with van der Waals surface area (Å²) in [5.74, 6) is -1.01. The standard InChI is InChI=1S/C20H35NO3/c1-5-6-7-8-9-10-19(20(22-2,23-3)24-4)18-13-11-17(12-14-18)15-16-21/h11-14,19H,5-10,15-16,21H2,1-4H3. The first-order chi connectivity index (χ1) is 11.7. The van der Waals surface area contributed by atoms with Gasteiger partial charge in [0.2, 0.25) is 0 Å². The van der Waals surface area contributed by atoms with Gasteiger partial charge in [0.15, 0.2) is 0 Å². The minimum atomic E-state index is -1.04. The number of unbranched alkanes of at least 4 members (excludes halogenated alkanes) is 4. The van der Waals surface area contributed by atoms with Crippen molar-refractivity contribution in [2.45, 2.75) is 63.8 Å². The third-order valence-corrected chi connectivity index (χ3v) is 4.69. The van der Waals surface area contributed by atoms with Crippen molar-refractivity contribution in [2.75, 3.05) is 27.9 Å². The van der Waals surface area contributed by atoms with E-state index in [4.69, 9.17) is 19.9 Å². The second-order valence-electron chi connectivity index (χ2n) is 6.25. The minimum Gasteiger partial charge on any atom is -0.330 e. The molecule has 0 radical (unpaired) electrons. The zero-order chi connectivity index (χ0) is 17.8. The molecule has 0 amide bonds. The first kappa shape index (κ1) is 21.1. The highest BCUT2D eigenvalue weighted by molar-refractivity contribution is 5.27. The lowest BCUT2D eigenvalue weighted by Crippen LogP contribution is -2.42. The van der Waals surface area contributed by atoms with E-state index in [1.807, 2.05) is 0 Å². The van der Waals surface area contributed by atoms with Gasteiger partial charge >= 0.3 is 0 Å². The number of benzene rings is 1. The Morgan fingerprint density at radius 2 is 1.50 bits per heavy atom. The van der Waals surface area contributed by atoms with Crippen molar-refractivity contribution in [1.29, 1.82) is 0 Å². The number of hydrogen-bond donors (Lipinski definition) is 1. The Morgan fingerprint density at radius 3 is 2.00 bits per heavy atom. The van der Waals surface area contributed by atoms with E-state index in [0.717, 1.165) is 19.3 Å². The molecule has 0 heterocycles. The van der Waals surface area contributed by atoms with Crippen LogP contribution in [0, 0.1) is 0 Å². The van der Waals surface area contributed by atoms with Crippen molar-refractivity contribution in [3.8, 4) is 0 Å². The Kier molecular flexibility index (Phi) is 10.2. The number of hydrogen-bond acceptors (Lipinski definition) is 4. The normalized spacial score (nSPS) is 13.2. The summed E-state index contributed by atoms with van der Waals surface area (Å²) in [6, 6.07) is 8.57. The Labute approximate surface area is 147 Å². The molecular formula is C20H35NO3. The third kappa shape index (κ3) is 5.85. The van der Waals surface area contributed by atoms with Crippen LogP contribution in [0.5, 0.6) is 0 Å². The fourth-order valence-corrected chi connectivity index (χ4v) is 3.26. The lowest BCUT2D eigenvalue weighted by molar-refractivity contribution is -0.365. The van der Waals surface area contributed by atoms with E-state index in [9.17, 15) is 0 Å². The molecule has 1 rings (SSSR count). The van der Waals surface area contributed by atoms with Gasteiger partial charge in [0.1, 0.15) is 0 Å². The van der Waals surface area contributed by atoms with Crippen LogP contribution in [0.3, 0.4) is 0 Å². The van der Waals surface area contributed by atoms with Crippen LogP contribution in [-0.4, -0.2) is 33.8 Å². The number of methoxy groups -OCH3 is 3. The maximum atomic E-state index is 5.64. The Hall–Kier alpha value is -0.940. The molecule has 0 fully saturated rings. The predicted molar refractivity (Wildman–Crippen MR) is 99.1 cm³/mol. The lowest BCUT2D eigenvalue weighted by atomic mass is 9.89. The lowest BCUT2D eigenvalue weighted by Gasteiger charge is -2.36. The van der Waals surface area contributed by atoms with E-state index in [2.05, 4.69) is 31.2 Å². The molecule has 4 heteroatoms. The summed E-state index contributed by atoms with van der Waals surface area (Å²) in [7, 11) is 4.92. The minimum absolute atomic E-state index is 0.0334. The summed E-state index contributed by atoms with van der Waals surface area (Å²) in [5, 5.41) is 0. The van der Waals surface area contributed by atoms with Crippen molar-refractivity contribution in [2.24, 2.45) is 5.73 Å². The maximum Gasteiger partial charge on any atom is 0.289 e. The highest BCUT2D eigenvalue weighted by Gasteiger charge is 2.40. The second-order valence-corrected chi connectivity index (χ2v) is 6.25. The molecule has 24 heavy (non-hydrogen) atoms. The first-order valence-electron chi connectivity index (χ1n) is 9.11. The molecule has 0 saturated carbocycles. The summed E-state index contributed by atoms with van der Waals surface area (Å²) in [5.41, 5.74) is 8.07. The molecule has 0 saturated heterocycles. The van der Waals surface area contributed by atoms with E-state index in [1.165, 1.54) is 36.8 Å². The monoisotopic (exact) mass is 337 g/mol. The SMILES string of the molecule is CCCCCCCC(c1ccc(CCN)cc1)C(OC)(OC)OC. The van der Waals surface area contributed by atoms with Crippen molar-refractivity contribution >= 4 is 0 Å². The topological polar surface area (TPSA) is 53.7 Å². The second kappa shape index (κ2) is 11.6. The quantitative estimate of drug-likeness (QED) is 0.432. The number of ether oxygens (including phenoxy) is 3. The molecule has 2 N–H and O–H groups in total. The van der Waals surface area contributed by atoms with Gasteiger partial charge in [-0.05, 0) is 30.5 Å². The molecule has 0 aliphatic rings. The molecule has 0 spiro atoms. The van der Waals surface area contributed by atoms with Crippen LogP contribution in [0.1, 0.15) is 62.5 Å². The van der Waals surface area contributed by atoms with E-state index in [-0.39, 0.29) is 5.92 Å². The number of nitrogens with two attached hydrogens (primary N) is 1. The van der Waals surface area contributed by atoms with Crippen LogP contribution in [0.2, 0.25) is 0 Å². The fourth-order valence-electron chi connectivity index (χ4n) is 3.26. The van der Waals surface area contributed by atoms with Crippen molar-refractivity contribution in [3.05, 3.63) is 35.4 Å². The third-order valence-electron chi connectivity index (χ3n) is 4.69. The van der Waals surface area contributed by atoms with Crippen LogP contribution in [0.15, 0.2) is 24.3 Å². The molecular weight excluding hydrogens is 302 g/mol. The zero-order valence-corrected chi connectivity index (χ0v) is 15.8. The maximum absolute atomic E-state index is 5.64. The van der Waals surface area contributed by atoms with E-state index in [1.54, 1.807) is 21.3 Å². The van der Waals surface area contributed by atoms with Crippen molar-refractivity contribution < 1.29 is 14.2 Å². The molecule has 0 aliphatic carbocycles. The smallest absolute Gasteiger partial charge is 0.289 e. The van der Waals surface area contributed by atoms with Gasteiger partial charge in [-0.25, -0.2) is 0 Å². The van der Waals surface area contributed by atoms with Crippen molar-refractivity contribution in [3.63, 3.8) is 0 Å². The predicted octanol–water partition coefficient (Wildman–Crippen LogP) is 4.22. The van der Waals surface area contributed by atoms with Crippen LogP contribution in [0.25, 0.3) is 0 Å². The molecule has 138 valence electrons. The van der Waals surface area contributed by atoms with Crippen molar-refractivity contribution in [1.82, 2.24) is 0 Å². The summed E-state index contributed by atoms with van der Waals surface area (Å²) < 4.78 is 16.9. The Bertz CT molecular complexity index is 421. The van der Waals surface area contributed by atoms with Gasteiger partial charge in [0.05, 0.1) is 5.92 Å². The van der Waals surface area contributed by atoms with Gasteiger partial charge in [0, 0.05) is 21.3 Å². The Morgan fingerprint density at radius 1 is 0.917 bits per heavy atom. The highest BCUT2D eigenvalue weighted by atomic mass is 16.9. The van der Waals surface area contributed by atoms with E-state index >= 15 is 0 Å². The van der Waals surface area contributed by atoms with Gasteiger partial charge in [0.25, 0.3) is 5.97 Å². The molecule has 0 aromatic heterocycles. The summed E-state index contributed by atoms with van der Waals surface area (Å²) in [6.45, 7) is 2.90. The van der Waals surface area contributed by atoms with E-state index in [0.29, 0.717) is 6.54 Å². The van der Waals surface area contributed by atoms with Crippen LogP contribution >= 0.6 is 0 Å². The molecule has 1 unspecified atom stereocenters. The summed E-state index contributed by atoms with van der Waals surface area (Å²) >= 11 is 0. The van der Waals surface area contributed by atoms with Gasteiger partial charge in [-0.3, -0.25) is 0 Å². The summed E-state index contributed by atoms with van der Waals surface area (Å²) in [6.07, 6.45) is 8.04. The molecule has 0 aliphatic heterocycles. The van der Waals surface area contributed by atoms with E-state index < -0.39 is 5.97 Å². The molecule has 4 nitrogen and oxygen atoms in total. The van der Waals surface area contributed by atoms with Crippen LogP contribution < -0.4 is 5.73 Å². The average molecular weight is 338 g/mol. The zero-order valence-electron chi connectivity index (χ0n) is 15.8. The largest absolute Gasteiger partial charge is 0.330 e. The Balaban J connectivity index is 2.90. The van der Waals surface area contributed by atoms with Gasteiger partial charge in [-0.2, -0.15) is 0 Å². The number of rotatable bonds is 13. The van der Waals surface area contributed by atoms with Crippen LogP contribution in [0.4, 0.5) is 0 Å². The summed E-state index contributed by atoms with van der Waals surface area (Å²) in [4.78, 5) is 0. The van der Waals surface area contributed by atoms with Gasteiger partial charge in [-0.15, -0.1) is 0 Å². The molecule has 1 aromatic rings. The highest BCUT2D eigenvalue weighted by Crippen LogP contribution is 2.37. The average Bonchev–Trinajstić information content (AvgIpc) is 2.62. The fraction of sp³-hybridized carbons (Fsp3) is 0.700.